The quantitative estimate of drug-likeness (QED) is 0.555. The van der Waals surface area contributed by atoms with Gasteiger partial charge in [0.25, 0.3) is 5.56 Å². The second kappa shape index (κ2) is 5.45. The highest BCUT2D eigenvalue weighted by atomic mass is 16.2. The van der Waals surface area contributed by atoms with E-state index in [0.29, 0.717) is 6.54 Å². The number of rotatable bonds is 4. The third-order valence-electron chi connectivity index (χ3n) is 2.94. The first-order chi connectivity index (χ1) is 10.2. The molecule has 1 aromatic carbocycles. The molecule has 0 saturated heterocycles. The van der Waals surface area contributed by atoms with Gasteiger partial charge in [-0.15, -0.1) is 5.10 Å². The van der Waals surface area contributed by atoms with Crippen molar-refractivity contribution in [3.8, 4) is 11.3 Å². The van der Waals surface area contributed by atoms with Gasteiger partial charge in [0.15, 0.2) is 0 Å². The highest BCUT2D eigenvalue weighted by Crippen LogP contribution is 2.16. The summed E-state index contributed by atoms with van der Waals surface area (Å²) in [6.45, 7) is 0.422. The molecule has 8 heteroatoms. The second-order valence-electron chi connectivity index (χ2n) is 4.38. The molecule has 8 nitrogen and oxygen atoms in total. The highest BCUT2D eigenvalue weighted by molar-refractivity contribution is 5.58. The summed E-state index contributed by atoms with van der Waals surface area (Å²) in [5, 5.41) is 15.5. The fourth-order valence-electron chi connectivity index (χ4n) is 1.87. The number of hydrogen-bond donors (Lipinski definition) is 4. The molecule has 0 aliphatic heterocycles. The van der Waals surface area contributed by atoms with Gasteiger partial charge in [-0.25, -0.2) is 9.89 Å². The zero-order valence-electron chi connectivity index (χ0n) is 10.9. The molecule has 4 N–H and O–H groups in total. The zero-order valence-corrected chi connectivity index (χ0v) is 10.9. The number of nitrogens with zero attached hydrogens (tertiary/aromatic N) is 2. The van der Waals surface area contributed by atoms with Crippen LogP contribution in [0.25, 0.3) is 11.3 Å². The van der Waals surface area contributed by atoms with E-state index >= 15 is 0 Å². The molecule has 3 aromatic rings. The summed E-state index contributed by atoms with van der Waals surface area (Å²) in [4.78, 5) is 24.4. The summed E-state index contributed by atoms with van der Waals surface area (Å²) in [7, 11) is 0. The van der Waals surface area contributed by atoms with Crippen LogP contribution in [0, 0.1) is 0 Å². The van der Waals surface area contributed by atoms with E-state index in [1.807, 2.05) is 30.3 Å². The second-order valence-corrected chi connectivity index (χ2v) is 4.38. The average molecular weight is 284 g/mol. The summed E-state index contributed by atoms with van der Waals surface area (Å²) in [5.74, 6) is 0.0762. The first-order valence-electron chi connectivity index (χ1n) is 6.24. The van der Waals surface area contributed by atoms with Crippen molar-refractivity contribution in [1.29, 1.82) is 0 Å². The lowest BCUT2D eigenvalue weighted by Crippen LogP contribution is -2.26. The van der Waals surface area contributed by atoms with E-state index in [1.54, 1.807) is 6.20 Å². The lowest BCUT2D eigenvalue weighted by molar-refractivity contribution is 0.883. The number of anilines is 1. The van der Waals surface area contributed by atoms with E-state index in [4.69, 9.17) is 0 Å². The van der Waals surface area contributed by atoms with Gasteiger partial charge in [0.1, 0.15) is 0 Å². The average Bonchev–Trinajstić information content (AvgIpc) is 3.01. The van der Waals surface area contributed by atoms with E-state index in [0.717, 1.165) is 16.8 Å². The SMILES string of the molecule is O=c1[nH]nc(NCc2ccc(-c3ccn[nH]3)cc2)c(=O)[nH]1. The maximum atomic E-state index is 11.5. The van der Waals surface area contributed by atoms with Crippen LogP contribution in [0.3, 0.4) is 0 Å². The molecule has 0 atom stereocenters. The predicted octanol–water partition coefficient (Wildman–Crippen LogP) is 0.460. The van der Waals surface area contributed by atoms with E-state index in [1.165, 1.54) is 0 Å². The monoisotopic (exact) mass is 284 g/mol. The smallest absolute Gasteiger partial charge is 0.342 e. The minimum Gasteiger partial charge on any atom is -0.360 e. The van der Waals surface area contributed by atoms with Crippen LogP contribution in [0.5, 0.6) is 0 Å². The van der Waals surface area contributed by atoms with Crippen LogP contribution in [0.15, 0.2) is 46.1 Å². The largest absolute Gasteiger partial charge is 0.360 e. The molecule has 0 saturated carbocycles. The lowest BCUT2D eigenvalue weighted by atomic mass is 10.1. The van der Waals surface area contributed by atoms with Crippen molar-refractivity contribution in [3.63, 3.8) is 0 Å². The van der Waals surface area contributed by atoms with Gasteiger partial charge in [-0.1, -0.05) is 24.3 Å². The molecule has 3 rings (SSSR count). The van der Waals surface area contributed by atoms with Crippen LogP contribution in [-0.4, -0.2) is 25.4 Å². The van der Waals surface area contributed by atoms with Gasteiger partial charge in [0, 0.05) is 12.7 Å². The Hall–Kier alpha value is -3.16. The van der Waals surface area contributed by atoms with Crippen molar-refractivity contribution in [2.45, 2.75) is 6.54 Å². The van der Waals surface area contributed by atoms with Crippen LogP contribution >= 0.6 is 0 Å². The molecule has 0 radical (unpaired) electrons. The molecule has 21 heavy (non-hydrogen) atoms. The van der Waals surface area contributed by atoms with Crippen LogP contribution < -0.4 is 16.6 Å². The van der Waals surface area contributed by atoms with Gasteiger partial charge in [-0.05, 0) is 17.2 Å². The van der Waals surface area contributed by atoms with Gasteiger partial charge in [0.05, 0.1) is 5.69 Å². The fourth-order valence-corrected chi connectivity index (χ4v) is 1.87. The Morgan fingerprint density at radius 3 is 2.52 bits per heavy atom. The Bertz CT molecular complexity index is 832. The van der Waals surface area contributed by atoms with Gasteiger partial charge >= 0.3 is 5.69 Å². The third kappa shape index (κ3) is 2.89. The summed E-state index contributed by atoms with van der Waals surface area (Å²) < 4.78 is 0. The summed E-state index contributed by atoms with van der Waals surface area (Å²) >= 11 is 0. The van der Waals surface area contributed by atoms with Crippen LogP contribution in [-0.2, 0) is 6.54 Å². The van der Waals surface area contributed by atoms with Gasteiger partial charge in [-0.3, -0.25) is 14.9 Å². The Morgan fingerprint density at radius 1 is 1.05 bits per heavy atom. The van der Waals surface area contributed by atoms with Gasteiger partial charge in [0.2, 0.25) is 5.82 Å². The van der Waals surface area contributed by atoms with Crippen molar-refractivity contribution in [2.24, 2.45) is 0 Å². The van der Waals surface area contributed by atoms with Crippen molar-refractivity contribution in [3.05, 3.63) is 62.9 Å². The molecular weight excluding hydrogens is 272 g/mol. The molecule has 0 bridgehead atoms. The Balaban J connectivity index is 1.71. The highest BCUT2D eigenvalue weighted by Gasteiger charge is 2.02. The summed E-state index contributed by atoms with van der Waals surface area (Å²) in [6, 6.07) is 9.66. The lowest BCUT2D eigenvalue weighted by Gasteiger charge is -2.05. The Morgan fingerprint density at radius 2 is 1.86 bits per heavy atom. The first-order valence-corrected chi connectivity index (χ1v) is 6.24. The topological polar surface area (TPSA) is 119 Å². The van der Waals surface area contributed by atoms with Crippen LogP contribution in [0.2, 0.25) is 0 Å². The van der Waals surface area contributed by atoms with Crippen molar-refractivity contribution < 1.29 is 0 Å². The molecule has 2 aromatic heterocycles. The van der Waals surface area contributed by atoms with Crippen molar-refractivity contribution in [2.75, 3.05) is 5.32 Å². The maximum Gasteiger partial charge on any atom is 0.342 e. The molecule has 0 aliphatic rings. The first kappa shape index (κ1) is 12.9. The van der Waals surface area contributed by atoms with Crippen molar-refractivity contribution in [1.82, 2.24) is 25.4 Å². The number of aromatic nitrogens is 5. The minimum absolute atomic E-state index is 0.0762. The fraction of sp³-hybridized carbons (Fsp3) is 0.0769. The normalized spacial score (nSPS) is 10.5. The number of H-pyrrole nitrogens is 3. The Labute approximate surface area is 118 Å². The standard InChI is InChI=1S/C13H12N6O2/c20-12-11(18-19-13(21)16-12)14-7-8-1-3-9(4-2-8)10-5-6-15-17-10/h1-6H,7H2,(H,14,18)(H,15,17)(H2,16,19,20,21). The number of benzene rings is 1. The predicted molar refractivity (Wildman–Crippen MR) is 76.8 cm³/mol. The van der Waals surface area contributed by atoms with Crippen LogP contribution in [0.1, 0.15) is 5.56 Å². The maximum absolute atomic E-state index is 11.5. The summed E-state index contributed by atoms with van der Waals surface area (Å²) in [6.07, 6.45) is 1.69. The molecule has 0 unspecified atom stereocenters. The molecule has 106 valence electrons. The summed E-state index contributed by atoms with van der Waals surface area (Å²) in [5.41, 5.74) is 1.76. The minimum atomic E-state index is -0.630. The molecular formula is C13H12N6O2. The number of hydrogen-bond acceptors (Lipinski definition) is 5. The molecule has 0 amide bonds. The third-order valence-corrected chi connectivity index (χ3v) is 2.94. The molecule has 0 aliphatic carbocycles. The molecule has 0 fully saturated rings. The number of aromatic amines is 3. The van der Waals surface area contributed by atoms with Gasteiger partial charge in [-0.2, -0.15) is 5.10 Å². The molecule has 0 spiro atoms. The van der Waals surface area contributed by atoms with E-state index in [-0.39, 0.29) is 5.82 Å². The number of nitrogens with one attached hydrogen (secondary N) is 4. The van der Waals surface area contributed by atoms with Crippen LogP contribution in [0.4, 0.5) is 5.82 Å². The van der Waals surface area contributed by atoms with E-state index in [9.17, 15) is 9.59 Å². The zero-order chi connectivity index (χ0) is 14.7. The van der Waals surface area contributed by atoms with Crippen molar-refractivity contribution >= 4 is 5.82 Å². The molecule has 2 heterocycles. The van der Waals surface area contributed by atoms with E-state index in [2.05, 4.69) is 30.7 Å². The van der Waals surface area contributed by atoms with Gasteiger partial charge < -0.3 is 5.32 Å². The van der Waals surface area contributed by atoms with E-state index < -0.39 is 11.2 Å². The Kier molecular flexibility index (Phi) is 3.34.